The van der Waals surface area contributed by atoms with Gasteiger partial charge < -0.3 is 40.2 Å². The second kappa shape index (κ2) is 16.4. The second-order valence-corrected chi connectivity index (χ2v) is 15.4. The summed E-state index contributed by atoms with van der Waals surface area (Å²) >= 11 is 0. The molecule has 2 fully saturated rings. The van der Waals surface area contributed by atoms with Gasteiger partial charge in [0.25, 0.3) is 0 Å². The number of methoxy groups -OCH3 is 1. The van der Waals surface area contributed by atoms with E-state index in [0.717, 1.165) is 59.3 Å². The molecule has 0 radical (unpaired) electrons. The maximum Gasteiger partial charge on any atom is 0.407 e. The van der Waals surface area contributed by atoms with E-state index in [2.05, 4.69) is 49.9 Å². The van der Waals surface area contributed by atoms with Crippen LogP contribution >= 0.6 is 0 Å². The average Bonchev–Trinajstić information content (AvgIpc) is 3.99. The van der Waals surface area contributed by atoms with Gasteiger partial charge >= 0.3 is 12.2 Å². The second-order valence-electron chi connectivity index (χ2n) is 15.4. The highest BCUT2D eigenvalue weighted by atomic mass is 16.5. The zero-order valence-corrected chi connectivity index (χ0v) is 32.5. The molecule has 4 amide bonds. The van der Waals surface area contributed by atoms with Crippen molar-refractivity contribution >= 4 is 24.0 Å². The number of amides is 4. The normalized spacial score (nSPS) is 20.8. The van der Waals surface area contributed by atoms with Crippen molar-refractivity contribution in [3.05, 3.63) is 72.6 Å². The minimum Gasteiger partial charge on any atom is -0.465 e. The van der Waals surface area contributed by atoms with Gasteiger partial charge in [0.2, 0.25) is 11.8 Å². The summed E-state index contributed by atoms with van der Waals surface area (Å²) in [6, 6.07) is 14.3. The topological polar surface area (TPSA) is 186 Å². The first-order valence-corrected chi connectivity index (χ1v) is 19.1. The van der Waals surface area contributed by atoms with Crippen molar-refractivity contribution in [3.63, 3.8) is 0 Å². The molecule has 2 saturated heterocycles. The molecule has 2 aliphatic rings. The number of carbonyl (C=O) groups excluding carboxylic acids is 3. The Morgan fingerprint density at radius 3 is 1.42 bits per heavy atom. The third kappa shape index (κ3) is 8.23. The standard InChI is InChI=1S/C41H52N8O6/c1-22(2)34(46-40(52)53)38(50)48-24(5)8-18-32(48)36-42-20-30(44-36)28-14-10-26(11-15-28)27-12-16-29(17-13-27)31-21-43-37(45-31)33-19-9-25(6)49(33)39(51)35(23(3)4)47-41(54)55-7/h10-17,20-25,32-35,46H,8-9,18-19H2,1-7H3,(H,42,44)(H,43,45)(H,47,54)(H,52,53)/t24-,25-,32-,33-,34-,35-/m0/s1. The van der Waals surface area contributed by atoms with Crippen molar-refractivity contribution in [2.24, 2.45) is 11.8 Å². The molecule has 6 atom stereocenters. The number of carbonyl (C=O) groups is 4. The van der Waals surface area contributed by atoms with Crippen LogP contribution in [-0.2, 0) is 14.3 Å². The van der Waals surface area contributed by atoms with Crippen LogP contribution in [-0.4, -0.2) is 90.1 Å². The molecule has 0 bridgehead atoms. The summed E-state index contributed by atoms with van der Waals surface area (Å²) in [5.41, 5.74) is 5.69. The summed E-state index contributed by atoms with van der Waals surface area (Å²) in [5, 5.41) is 14.5. The predicted octanol–water partition coefficient (Wildman–Crippen LogP) is 6.91. The zero-order chi connectivity index (χ0) is 39.6. The van der Waals surface area contributed by atoms with E-state index >= 15 is 0 Å². The molecule has 0 unspecified atom stereocenters. The Morgan fingerprint density at radius 2 is 1.05 bits per heavy atom. The Kier molecular flexibility index (Phi) is 11.6. The Bertz CT molecular complexity index is 1990. The van der Waals surface area contributed by atoms with Gasteiger partial charge in [-0.05, 0) is 73.6 Å². The SMILES string of the molecule is COC(=O)N[C@H](C(=O)N1[C@@H](C)CC[C@H]1c1ncc(-c2ccc(-c3ccc(-c4cnc([C@@H]5CC[C@H](C)N5C(=O)[C@@H](NC(=O)O)C(C)C)[nH]4)cc3)cc2)[nH]1)C(C)C. The van der Waals surface area contributed by atoms with E-state index in [9.17, 15) is 24.3 Å². The molecule has 0 spiro atoms. The Labute approximate surface area is 321 Å². The summed E-state index contributed by atoms with van der Waals surface area (Å²) in [6.07, 6.45) is 4.86. The fourth-order valence-electron chi connectivity index (χ4n) is 7.90. The van der Waals surface area contributed by atoms with Crippen LogP contribution < -0.4 is 10.6 Å². The minimum atomic E-state index is -1.22. The lowest BCUT2D eigenvalue weighted by Gasteiger charge is -2.32. The number of hydrogen-bond donors (Lipinski definition) is 5. The molecule has 2 aromatic carbocycles. The average molecular weight is 753 g/mol. The highest BCUT2D eigenvalue weighted by Gasteiger charge is 2.42. The van der Waals surface area contributed by atoms with Crippen molar-refractivity contribution in [3.8, 4) is 33.6 Å². The third-order valence-corrected chi connectivity index (χ3v) is 11.0. The van der Waals surface area contributed by atoms with Gasteiger partial charge in [-0.1, -0.05) is 76.2 Å². The molecular weight excluding hydrogens is 701 g/mol. The lowest BCUT2D eigenvalue weighted by atomic mass is 10.0. The number of nitrogens with zero attached hydrogens (tertiary/aromatic N) is 4. The zero-order valence-electron chi connectivity index (χ0n) is 32.5. The van der Waals surface area contributed by atoms with Gasteiger partial charge in [0.15, 0.2) is 0 Å². The molecule has 292 valence electrons. The van der Waals surface area contributed by atoms with Crippen LogP contribution in [0.2, 0.25) is 0 Å². The summed E-state index contributed by atoms with van der Waals surface area (Å²) in [4.78, 5) is 70.6. The molecule has 2 aliphatic heterocycles. The Morgan fingerprint density at radius 1 is 0.673 bits per heavy atom. The third-order valence-electron chi connectivity index (χ3n) is 11.0. The summed E-state index contributed by atoms with van der Waals surface area (Å²) < 4.78 is 4.77. The molecule has 5 N–H and O–H groups in total. The number of benzene rings is 2. The summed E-state index contributed by atoms with van der Waals surface area (Å²) in [7, 11) is 1.29. The number of nitrogens with one attached hydrogen (secondary N) is 4. The lowest BCUT2D eigenvalue weighted by Crippen LogP contribution is -2.52. The molecule has 0 aliphatic carbocycles. The van der Waals surface area contributed by atoms with Crippen LogP contribution in [0.5, 0.6) is 0 Å². The fraction of sp³-hybridized carbons (Fsp3) is 0.463. The maximum absolute atomic E-state index is 13.7. The fourth-order valence-corrected chi connectivity index (χ4v) is 7.90. The van der Waals surface area contributed by atoms with E-state index in [1.165, 1.54) is 7.11 Å². The van der Waals surface area contributed by atoms with Gasteiger partial charge in [0.05, 0.1) is 43.0 Å². The molecule has 14 nitrogen and oxygen atoms in total. The molecule has 2 aromatic heterocycles. The number of likely N-dealkylation sites (tertiary alicyclic amines) is 2. The van der Waals surface area contributed by atoms with E-state index < -0.39 is 24.3 Å². The van der Waals surface area contributed by atoms with Crippen molar-refractivity contribution in [1.82, 2.24) is 40.4 Å². The number of aromatic amines is 2. The highest BCUT2D eigenvalue weighted by Crippen LogP contribution is 2.38. The van der Waals surface area contributed by atoms with E-state index in [1.54, 1.807) is 17.3 Å². The monoisotopic (exact) mass is 752 g/mol. The molecule has 6 rings (SSSR count). The predicted molar refractivity (Wildman–Crippen MR) is 208 cm³/mol. The smallest absolute Gasteiger partial charge is 0.407 e. The van der Waals surface area contributed by atoms with Crippen LogP contribution in [0.25, 0.3) is 33.6 Å². The summed E-state index contributed by atoms with van der Waals surface area (Å²) in [5.74, 6) is 0.699. The molecule has 55 heavy (non-hydrogen) atoms. The van der Waals surface area contributed by atoms with Crippen molar-refractivity contribution in [2.75, 3.05) is 7.11 Å². The molecule has 4 aromatic rings. The van der Waals surface area contributed by atoms with E-state index in [1.807, 2.05) is 70.7 Å². The van der Waals surface area contributed by atoms with Gasteiger partial charge in [-0.2, -0.15) is 0 Å². The van der Waals surface area contributed by atoms with Crippen molar-refractivity contribution in [2.45, 2.75) is 103 Å². The number of ether oxygens (including phenoxy) is 1. The maximum atomic E-state index is 13.7. The number of carboxylic acid groups (broad SMARTS) is 1. The lowest BCUT2D eigenvalue weighted by molar-refractivity contribution is -0.138. The van der Waals surface area contributed by atoms with Crippen LogP contribution in [0.4, 0.5) is 9.59 Å². The number of alkyl carbamates (subject to hydrolysis) is 1. The molecular formula is C41H52N8O6. The van der Waals surface area contributed by atoms with Crippen LogP contribution in [0.15, 0.2) is 60.9 Å². The van der Waals surface area contributed by atoms with Gasteiger partial charge in [-0.25, -0.2) is 19.6 Å². The van der Waals surface area contributed by atoms with Gasteiger partial charge in [-0.3, -0.25) is 9.59 Å². The Balaban J connectivity index is 1.13. The minimum absolute atomic E-state index is 0.00260. The van der Waals surface area contributed by atoms with Crippen LogP contribution in [0.3, 0.4) is 0 Å². The number of aromatic nitrogens is 4. The van der Waals surface area contributed by atoms with E-state index in [-0.39, 0.29) is 47.8 Å². The number of H-pyrrole nitrogens is 2. The van der Waals surface area contributed by atoms with Crippen LogP contribution in [0, 0.1) is 11.8 Å². The quantitative estimate of drug-likeness (QED) is 0.109. The van der Waals surface area contributed by atoms with E-state index in [0.29, 0.717) is 11.6 Å². The Hall–Kier alpha value is -5.66. The summed E-state index contributed by atoms with van der Waals surface area (Å²) in [6.45, 7) is 11.5. The van der Waals surface area contributed by atoms with Gasteiger partial charge in [-0.15, -0.1) is 0 Å². The number of hydrogen-bond acceptors (Lipinski definition) is 7. The first-order chi connectivity index (χ1) is 26.3. The molecule has 14 heteroatoms. The first kappa shape index (κ1) is 39.0. The molecule has 4 heterocycles. The van der Waals surface area contributed by atoms with Crippen molar-refractivity contribution in [1.29, 1.82) is 0 Å². The first-order valence-electron chi connectivity index (χ1n) is 19.1. The van der Waals surface area contributed by atoms with E-state index in [4.69, 9.17) is 9.72 Å². The van der Waals surface area contributed by atoms with Crippen molar-refractivity contribution < 1.29 is 29.0 Å². The largest absolute Gasteiger partial charge is 0.465 e. The molecule has 0 saturated carbocycles. The number of imidazole rings is 2. The van der Waals surface area contributed by atoms with Crippen LogP contribution in [0.1, 0.15) is 91.0 Å². The van der Waals surface area contributed by atoms with Gasteiger partial charge in [0.1, 0.15) is 23.7 Å². The van der Waals surface area contributed by atoms with Gasteiger partial charge in [0, 0.05) is 12.1 Å². The number of rotatable bonds is 11. The highest BCUT2D eigenvalue weighted by molar-refractivity contribution is 5.87.